The average molecular weight is 569 g/mol. The predicted octanol–water partition coefficient (Wildman–Crippen LogP) is 5.08. The van der Waals surface area contributed by atoms with Crippen LogP contribution < -0.4 is 20.3 Å². The summed E-state index contributed by atoms with van der Waals surface area (Å²) < 4.78 is 28.9. The van der Waals surface area contributed by atoms with E-state index in [1.54, 1.807) is 75.9 Å². The van der Waals surface area contributed by atoms with E-state index < -0.39 is 17.3 Å². The Balaban J connectivity index is 1.43. The summed E-state index contributed by atoms with van der Waals surface area (Å²) in [4.78, 5) is 43.1. The van der Waals surface area contributed by atoms with E-state index in [1.165, 1.54) is 22.4 Å². The number of carbonyl (C=O) groups excluding carboxylic acids is 2. The fraction of sp³-hybridized carbons (Fsp3) is 0.188. The molecule has 0 spiro atoms. The number of amides is 1. The number of carbonyl (C=O) groups is 2. The third-order valence-electron chi connectivity index (χ3n) is 7.03. The van der Waals surface area contributed by atoms with Gasteiger partial charge >= 0.3 is 0 Å². The monoisotopic (exact) mass is 568 g/mol. The number of halogens is 1. The summed E-state index contributed by atoms with van der Waals surface area (Å²) in [6.07, 6.45) is 1.92. The van der Waals surface area contributed by atoms with E-state index in [4.69, 9.17) is 9.47 Å². The molecule has 5 rings (SSSR count). The first kappa shape index (κ1) is 28.3. The van der Waals surface area contributed by atoms with Gasteiger partial charge in [0.1, 0.15) is 11.4 Å². The lowest BCUT2D eigenvalue weighted by Gasteiger charge is -2.12. The number of hydrogen-bond donors (Lipinski definition) is 1. The lowest BCUT2D eigenvalue weighted by molar-refractivity contribution is -0.117. The highest BCUT2D eigenvalue weighted by atomic mass is 19.1. The molecule has 0 fully saturated rings. The fourth-order valence-electron chi connectivity index (χ4n) is 4.99. The first-order valence-corrected chi connectivity index (χ1v) is 13.2. The maximum Gasteiger partial charge on any atom is 0.284 e. The molecule has 0 aliphatic heterocycles. The van der Waals surface area contributed by atoms with Gasteiger partial charge in [-0.1, -0.05) is 24.3 Å². The van der Waals surface area contributed by atoms with Crippen molar-refractivity contribution >= 4 is 28.3 Å². The van der Waals surface area contributed by atoms with Crippen molar-refractivity contribution in [2.75, 3.05) is 19.5 Å². The first-order chi connectivity index (χ1) is 20.2. The van der Waals surface area contributed by atoms with Gasteiger partial charge in [0.25, 0.3) is 11.5 Å². The summed E-state index contributed by atoms with van der Waals surface area (Å²) in [6, 6.07) is 18.5. The summed E-state index contributed by atoms with van der Waals surface area (Å²) in [5, 5.41) is 3.44. The van der Waals surface area contributed by atoms with Gasteiger partial charge in [0.15, 0.2) is 17.3 Å². The van der Waals surface area contributed by atoms with Crippen molar-refractivity contribution in [1.82, 2.24) is 14.3 Å². The van der Waals surface area contributed by atoms with Gasteiger partial charge in [-0.05, 0) is 61.4 Å². The SMILES string of the molecule is COc1cc2nccc(Cc3ccc(NC(=O)c4c(C)n(CC(C)=O)n(-c5ccccc5)c4=O)cc3F)c2cc1OC. The number of fused-ring (bicyclic) bond motifs is 1. The largest absolute Gasteiger partial charge is 0.493 e. The van der Waals surface area contributed by atoms with Gasteiger partial charge in [0.2, 0.25) is 0 Å². The molecule has 5 aromatic rings. The van der Waals surface area contributed by atoms with Gasteiger partial charge in [-0.3, -0.25) is 24.0 Å². The Morgan fingerprint density at radius 3 is 2.33 bits per heavy atom. The zero-order valence-electron chi connectivity index (χ0n) is 23.6. The number of ether oxygens (including phenoxy) is 2. The van der Waals surface area contributed by atoms with Crippen LogP contribution in [0.3, 0.4) is 0 Å². The number of aromatic nitrogens is 3. The Morgan fingerprint density at radius 1 is 0.952 bits per heavy atom. The Kier molecular flexibility index (Phi) is 7.88. The molecule has 1 N–H and O–H groups in total. The second-order valence-electron chi connectivity index (χ2n) is 9.80. The topological polar surface area (TPSA) is 104 Å². The van der Waals surface area contributed by atoms with Crippen molar-refractivity contribution in [2.45, 2.75) is 26.8 Å². The number of para-hydroxylation sites is 1. The van der Waals surface area contributed by atoms with Gasteiger partial charge in [0.05, 0.1) is 37.7 Å². The molecule has 2 aromatic heterocycles. The predicted molar refractivity (Wildman–Crippen MR) is 157 cm³/mol. The number of Topliss-reactive ketones (excluding diaryl/α,β-unsaturated/α-hetero) is 1. The summed E-state index contributed by atoms with van der Waals surface area (Å²) in [6.45, 7) is 2.92. The van der Waals surface area contributed by atoms with Crippen molar-refractivity contribution in [2.24, 2.45) is 0 Å². The molecule has 214 valence electrons. The van der Waals surface area contributed by atoms with Crippen LogP contribution in [0.4, 0.5) is 10.1 Å². The highest BCUT2D eigenvalue weighted by molar-refractivity contribution is 6.05. The number of methoxy groups -OCH3 is 2. The van der Waals surface area contributed by atoms with Gasteiger partial charge < -0.3 is 14.8 Å². The smallest absolute Gasteiger partial charge is 0.284 e. The molecule has 0 bridgehead atoms. The zero-order valence-corrected chi connectivity index (χ0v) is 23.6. The fourth-order valence-corrected chi connectivity index (χ4v) is 4.99. The number of nitrogens with zero attached hydrogens (tertiary/aromatic N) is 3. The van der Waals surface area contributed by atoms with E-state index >= 15 is 4.39 Å². The van der Waals surface area contributed by atoms with Crippen LogP contribution in [0.1, 0.15) is 34.1 Å². The molecule has 1 amide bonds. The molecule has 2 heterocycles. The molecule has 0 saturated carbocycles. The van der Waals surface area contributed by atoms with Gasteiger partial charge in [0, 0.05) is 29.8 Å². The molecule has 0 aliphatic rings. The highest BCUT2D eigenvalue weighted by Gasteiger charge is 2.24. The molecule has 0 unspecified atom stereocenters. The van der Waals surface area contributed by atoms with Crippen LogP contribution in [0.25, 0.3) is 16.6 Å². The third kappa shape index (κ3) is 5.38. The molecule has 0 atom stereocenters. The molecule has 10 heteroatoms. The number of anilines is 1. The standard InChI is InChI=1S/C32H29FN4O5/c1-19(38)18-36-20(2)30(32(40)37(36)24-8-6-5-7-9-24)31(39)35-23-11-10-22(26(33)15-23)14-21-12-13-34-27-17-29(42-4)28(41-3)16-25(21)27/h5-13,15-17H,14,18H2,1-4H3,(H,35,39). The van der Waals surface area contributed by atoms with E-state index in [-0.39, 0.29) is 30.0 Å². The minimum absolute atomic E-state index is 0.0884. The van der Waals surface area contributed by atoms with Crippen molar-refractivity contribution < 1.29 is 23.5 Å². The normalized spacial score (nSPS) is 11.0. The number of nitrogens with one attached hydrogen (secondary N) is 1. The van der Waals surface area contributed by atoms with E-state index in [9.17, 15) is 14.4 Å². The first-order valence-electron chi connectivity index (χ1n) is 13.2. The number of ketones is 1. The van der Waals surface area contributed by atoms with Gasteiger partial charge in [-0.2, -0.15) is 0 Å². The van der Waals surface area contributed by atoms with Crippen molar-refractivity contribution in [3.8, 4) is 17.2 Å². The maximum absolute atomic E-state index is 15.3. The minimum Gasteiger partial charge on any atom is -0.493 e. The van der Waals surface area contributed by atoms with Gasteiger partial charge in [-0.25, -0.2) is 9.07 Å². The Morgan fingerprint density at radius 2 is 1.67 bits per heavy atom. The summed E-state index contributed by atoms with van der Waals surface area (Å²) >= 11 is 0. The van der Waals surface area contributed by atoms with Crippen LogP contribution >= 0.6 is 0 Å². The summed E-state index contributed by atoms with van der Waals surface area (Å²) in [7, 11) is 3.09. The molecule has 0 saturated heterocycles. The van der Waals surface area contributed by atoms with Crippen LogP contribution in [0, 0.1) is 12.7 Å². The lowest BCUT2D eigenvalue weighted by atomic mass is 10.00. The molecule has 9 nitrogen and oxygen atoms in total. The Hall–Kier alpha value is -5.25. The van der Waals surface area contributed by atoms with Crippen molar-refractivity contribution in [3.63, 3.8) is 0 Å². The molecule has 3 aromatic carbocycles. The second kappa shape index (κ2) is 11.7. The average Bonchev–Trinajstić information content (AvgIpc) is 3.22. The quantitative estimate of drug-likeness (QED) is 0.266. The summed E-state index contributed by atoms with van der Waals surface area (Å²) in [5.74, 6) is -0.314. The molecular formula is C32H29FN4O5. The van der Waals surface area contributed by atoms with Crippen LogP contribution in [0.15, 0.2) is 77.7 Å². The Labute approximate surface area is 241 Å². The van der Waals surface area contributed by atoms with Crippen molar-refractivity contribution in [1.29, 1.82) is 0 Å². The molecule has 42 heavy (non-hydrogen) atoms. The number of pyridine rings is 1. The van der Waals surface area contributed by atoms with E-state index in [0.29, 0.717) is 34.0 Å². The van der Waals surface area contributed by atoms with Gasteiger partial charge in [-0.15, -0.1) is 0 Å². The molecular weight excluding hydrogens is 539 g/mol. The Bertz CT molecular complexity index is 1880. The van der Waals surface area contributed by atoms with Crippen LogP contribution in [-0.2, 0) is 17.8 Å². The van der Waals surface area contributed by atoms with E-state index in [1.807, 2.05) is 12.1 Å². The lowest BCUT2D eigenvalue weighted by Crippen LogP contribution is -2.26. The van der Waals surface area contributed by atoms with Crippen molar-refractivity contribution in [3.05, 3.63) is 111 Å². The zero-order chi connectivity index (χ0) is 30.0. The minimum atomic E-state index is -0.696. The highest BCUT2D eigenvalue weighted by Crippen LogP contribution is 2.33. The molecule has 0 aliphatic carbocycles. The van der Waals surface area contributed by atoms with Crippen LogP contribution in [-0.4, -0.2) is 40.3 Å². The third-order valence-corrected chi connectivity index (χ3v) is 7.03. The maximum atomic E-state index is 15.3. The van der Waals surface area contributed by atoms with Crippen LogP contribution in [0.5, 0.6) is 11.5 Å². The van der Waals surface area contributed by atoms with E-state index in [2.05, 4.69) is 10.3 Å². The molecule has 0 radical (unpaired) electrons. The second-order valence-corrected chi connectivity index (χ2v) is 9.80. The van der Waals surface area contributed by atoms with Crippen LogP contribution in [0.2, 0.25) is 0 Å². The summed E-state index contributed by atoms with van der Waals surface area (Å²) in [5.41, 5.74) is 2.25. The number of hydrogen-bond acceptors (Lipinski definition) is 6. The number of benzene rings is 3. The van der Waals surface area contributed by atoms with E-state index in [0.717, 1.165) is 10.9 Å². The number of rotatable bonds is 9.